The Morgan fingerprint density at radius 2 is 1.94 bits per heavy atom. The van der Waals surface area contributed by atoms with Crippen molar-refractivity contribution >= 4 is 5.78 Å². The molecule has 0 radical (unpaired) electrons. The molecule has 2 rings (SSSR count). The number of ketones is 1. The summed E-state index contributed by atoms with van der Waals surface area (Å²) in [4.78, 5) is 14.2. The molecule has 2 heteroatoms. The molecule has 0 bridgehead atoms. The Labute approximate surface area is 97.3 Å². The second kappa shape index (κ2) is 4.79. The van der Waals surface area contributed by atoms with Gasteiger partial charge < -0.3 is 0 Å². The minimum Gasteiger partial charge on any atom is -0.298 e. The third-order valence-corrected chi connectivity index (χ3v) is 3.52. The first-order valence-corrected chi connectivity index (χ1v) is 6.00. The highest BCUT2D eigenvalue weighted by atomic mass is 16.1. The van der Waals surface area contributed by atoms with Gasteiger partial charge in [-0.1, -0.05) is 37.3 Å². The molecule has 1 aromatic rings. The van der Waals surface area contributed by atoms with E-state index in [1.807, 2.05) is 32.0 Å². The van der Waals surface area contributed by atoms with E-state index >= 15 is 0 Å². The molecule has 0 aromatic heterocycles. The van der Waals surface area contributed by atoms with Gasteiger partial charge in [0, 0.05) is 12.5 Å². The first-order valence-electron chi connectivity index (χ1n) is 6.00. The van der Waals surface area contributed by atoms with Crippen LogP contribution in [0.2, 0.25) is 0 Å². The fourth-order valence-electron chi connectivity index (χ4n) is 2.32. The second-order valence-electron chi connectivity index (χ2n) is 4.72. The molecule has 0 saturated carbocycles. The SMILES string of the molecule is C[C@@H]1CCN(Cc2ccccc2)[C@@H](C)C1=O. The molecule has 0 amide bonds. The van der Waals surface area contributed by atoms with E-state index in [4.69, 9.17) is 0 Å². The van der Waals surface area contributed by atoms with Crippen molar-refractivity contribution in [3.05, 3.63) is 35.9 Å². The fraction of sp³-hybridized carbons (Fsp3) is 0.500. The summed E-state index contributed by atoms with van der Waals surface area (Å²) in [6.07, 6.45) is 0.996. The zero-order valence-electron chi connectivity index (χ0n) is 10.0. The molecule has 0 N–H and O–H groups in total. The third kappa shape index (κ3) is 2.33. The summed E-state index contributed by atoms with van der Waals surface area (Å²) in [5.41, 5.74) is 1.29. The summed E-state index contributed by atoms with van der Waals surface area (Å²) in [5, 5.41) is 0. The van der Waals surface area contributed by atoms with Crippen molar-refractivity contribution in [2.45, 2.75) is 32.9 Å². The number of rotatable bonds is 2. The van der Waals surface area contributed by atoms with Gasteiger partial charge in [-0.3, -0.25) is 9.69 Å². The molecule has 2 atom stereocenters. The highest BCUT2D eigenvalue weighted by molar-refractivity contribution is 5.86. The van der Waals surface area contributed by atoms with Gasteiger partial charge in [0.1, 0.15) is 0 Å². The highest BCUT2D eigenvalue weighted by Gasteiger charge is 2.30. The van der Waals surface area contributed by atoms with E-state index in [2.05, 4.69) is 17.0 Å². The molecule has 0 spiro atoms. The first kappa shape index (κ1) is 11.3. The van der Waals surface area contributed by atoms with Gasteiger partial charge in [-0.25, -0.2) is 0 Å². The minimum atomic E-state index is 0.0731. The molecule has 1 aromatic carbocycles. The molecule has 1 heterocycles. The van der Waals surface area contributed by atoms with Gasteiger partial charge in [0.25, 0.3) is 0 Å². The second-order valence-corrected chi connectivity index (χ2v) is 4.72. The number of likely N-dealkylation sites (tertiary alicyclic amines) is 1. The topological polar surface area (TPSA) is 20.3 Å². The normalized spacial score (nSPS) is 27.0. The number of hydrogen-bond acceptors (Lipinski definition) is 2. The van der Waals surface area contributed by atoms with Crippen molar-refractivity contribution in [2.75, 3.05) is 6.54 Å². The molecule has 1 fully saturated rings. The van der Waals surface area contributed by atoms with Crippen LogP contribution in [0.1, 0.15) is 25.8 Å². The fourth-order valence-corrected chi connectivity index (χ4v) is 2.32. The summed E-state index contributed by atoms with van der Waals surface area (Å²) in [6.45, 7) is 5.99. The lowest BCUT2D eigenvalue weighted by molar-refractivity contribution is -0.130. The Morgan fingerprint density at radius 3 is 2.62 bits per heavy atom. The lowest BCUT2D eigenvalue weighted by Gasteiger charge is -2.35. The zero-order valence-corrected chi connectivity index (χ0v) is 10.0. The number of nitrogens with zero attached hydrogens (tertiary/aromatic N) is 1. The summed E-state index contributed by atoms with van der Waals surface area (Å²) >= 11 is 0. The summed E-state index contributed by atoms with van der Waals surface area (Å²) in [7, 11) is 0. The van der Waals surface area contributed by atoms with Gasteiger partial charge in [0.2, 0.25) is 0 Å². The van der Waals surface area contributed by atoms with Gasteiger partial charge in [-0.2, -0.15) is 0 Å². The van der Waals surface area contributed by atoms with Crippen LogP contribution in [-0.2, 0) is 11.3 Å². The molecule has 86 valence electrons. The number of piperidine rings is 1. The van der Waals surface area contributed by atoms with Crippen LogP contribution in [0.25, 0.3) is 0 Å². The average molecular weight is 217 g/mol. The van der Waals surface area contributed by atoms with Crippen LogP contribution in [0, 0.1) is 5.92 Å². The minimum absolute atomic E-state index is 0.0731. The van der Waals surface area contributed by atoms with Crippen molar-refractivity contribution in [2.24, 2.45) is 5.92 Å². The third-order valence-electron chi connectivity index (χ3n) is 3.52. The van der Waals surface area contributed by atoms with Gasteiger partial charge in [-0.15, -0.1) is 0 Å². The van der Waals surface area contributed by atoms with Crippen LogP contribution in [0.4, 0.5) is 0 Å². The molecular formula is C14H19NO. The summed E-state index contributed by atoms with van der Waals surface area (Å²) < 4.78 is 0. The number of carbonyl (C=O) groups excluding carboxylic acids is 1. The van der Waals surface area contributed by atoms with Gasteiger partial charge in [0.15, 0.2) is 5.78 Å². The lowest BCUT2D eigenvalue weighted by Crippen LogP contribution is -2.46. The number of Topliss-reactive ketones (excluding diaryl/α,β-unsaturated/α-hetero) is 1. The van der Waals surface area contributed by atoms with E-state index < -0.39 is 0 Å². The molecule has 2 nitrogen and oxygen atoms in total. The van der Waals surface area contributed by atoms with Gasteiger partial charge in [-0.05, 0) is 25.5 Å². The smallest absolute Gasteiger partial charge is 0.152 e. The van der Waals surface area contributed by atoms with E-state index in [0.29, 0.717) is 5.78 Å². The monoisotopic (exact) mass is 217 g/mol. The van der Waals surface area contributed by atoms with Crippen LogP contribution in [0.5, 0.6) is 0 Å². The maximum atomic E-state index is 11.9. The van der Waals surface area contributed by atoms with Crippen molar-refractivity contribution in [1.29, 1.82) is 0 Å². The van der Waals surface area contributed by atoms with E-state index in [1.165, 1.54) is 5.56 Å². The molecule has 1 aliphatic rings. The maximum absolute atomic E-state index is 11.9. The number of carbonyl (C=O) groups is 1. The van der Waals surface area contributed by atoms with Crippen LogP contribution >= 0.6 is 0 Å². The molecular weight excluding hydrogens is 198 g/mol. The predicted molar refractivity (Wildman–Crippen MR) is 65.1 cm³/mol. The first-order chi connectivity index (χ1) is 7.68. The van der Waals surface area contributed by atoms with Crippen molar-refractivity contribution in [3.63, 3.8) is 0 Å². The summed E-state index contributed by atoms with van der Waals surface area (Å²) in [5.74, 6) is 0.629. The molecule has 1 aliphatic heterocycles. The molecule has 0 aliphatic carbocycles. The molecule has 16 heavy (non-hydrogen) atoms. The highest BCUT2D eigenvalue weighted by Crippen LogP contribution is 2.20. The van der Waals surface area contributed by atoms with Crippen LogP contribution < -0.4 is 0 Å². The largest absolute Gasteiger partial charge is 0.298 e. The van der Waals surface area contributed by atoms with Crippen LogP contribution in [0.15, 0.2) is 30.3 Å². The number of hydrogen-bond donors (Lipinski definition) is 0. The molecule has 1 saturated heterocycles. The van der Waals surface area contributed by atoms with E-state index in [1.54, 1.807) is 0 Å². The van der Waals surface area contributed by atoms with Gasteiger partial charge in [0.05, 0.1) is 6.04 Å². The molecule has 0 unspecified atom stereocenters. The predicted octanol–water partition coefficient (Wildman–Crippen LogP) is 2.49. The lowest BCUT2D eigenvalue weighted by atomic mass is 9.91. The number of benzene rings is 1. The quantitative estimate of drug-likeness (QED) is 0.758. The van der Waals surface area contributed by atoms with Crippen LogP contribution in [-0.4, -0.2) is 23.3 Å². The Balaban J connectivity index is 2.03. The van der Waals surface area contributed by atoms with E-state index in [9.17, 15) is 4.79 Å². The van der Waals surface area contributed by atoms with Crippen molar-refractivity contribution in [1.82, 2.24) is 4.90 Å². The Bertz CT molecular complexity index is 360. The van der Waals surface area contributed by atoms with E-state index in [0.717, 1.165) is 19.5 Å². The van der Waals surface area contributed by atoms with Crippen LogP contribution in [0.3, 0.4) is 0 Å². The van der Waals surface area contributed by atoms with Gasteiger partial charge >= 0.3 is 0 Å². The summed E-state index contributed by atoms with van der Waals surface area (Å²) in [6, 6.07) is 10.4. The van der Waals surface area contributed by atoms with Crippen molar-refractivity contribution in [3.8, 4) is 0 Å². The Morgan fingerprint density at radius 1 is 1.25 bits per heavy atom. The Hall–Kier alpha value is -1.15. The standard InChI is InChI=1S/C14H19NO/c1-11-8-9-15(12(2)14(11)16)10-13-6-4-3-5-7-13/h3-7,11-12H,8-10H2,1-2H3/t11-,12+/m1/s1. The zero-order chi connectivity index (χ0) is 11.5. The Kier molecular flexibility index (Phi) is 3.39. The van der Waals surface area contributed by atoms with E-state index in [-0.39, 0.29) is 12.0 Å². The van der Waals surface area contributed by atoms with Crippen molar-refractivity contribution < 1.29 is 4.79 Å². The average Bonchev–Trinajstić information content (AvgIpc) is 2.31. The maximum Gasteiger partial charge on any atom is 0.152 e.